The molecular formula is C10H13F4N3. The van der Waals surface area contributed by atoms with Gasteiger partial charge in [0.25, 0.3) is 0 Å². The largest absolute Gasteiger partial charge is 0.389 e. The number of nitrogens with zero attached hydrogens (tertiary/aromatic N) is 1. The Balaban J connectivity index is 2.58. The fourth-order valence-electron chi connectivity index (χ4n) is 1.50. The van der Waals surface area contributed by atoms with Crippen molar-refractivity contribution in [1.82, 2.24) is 10.4 Å². The van der Waals surface area contributed by atoms with Crippen molar-refractivity contribution in [2.24, 2.45) is 5.84 Å². The molecule has 0 saturated carbocycles. The summed E-state index contributed by atoms with van der Waals surface area (Å²) >= 11 is 0. The first kappa shape index (κ1) is 13.9. The number of rotatable bonds is 5. The van der Waals surface area contributed by atoms with Gasteiger partial charge in [-0.15, -0.1) is 0 Å². The fourth-order valence-corrected chi connectivity index (χ4v) is 1.50. The van der Waals surface area contributed by atoms with Crippen LogP contribution in [0.5, 0.6) is 0 Å². The summed E-state index contributed by atoms with van der Waals surface area (Å²) in [6.45, 7) is 0. The van der Waals surface area contributed by atoms with E-state index >= 15 is 0 Å². The number of hydrogen-bond donors (Lipinski definition) is 2. The molecule has 1 aromatic heterocycles. The second kappa shape index (κ2) is 5.92. The minimum Gasteiger partial charge on any atom is -0.271 e. The molecule has 0 radical (unpaired) electrons. The second-order valence-corrected chi connectivity index (χ2v) is 3.62. The molecule has 0 aromatic carbocycles. The highest BCUT2D eigenvalue weighted by Gasteiger charge is 2.27. The van der Waals surface area contributed by atoms with E-state index in [0.717, 1.165) is 6.20 Å². The lowest BCUT2D eigenvalue weighted by Crippen LogP contribution is -2.29. The average Bonchev–Trinajstić information content (AvgIpc) is 2.24. The molecule has 96 valence electrons. The molecular weight excluding hydrogens is 238 g/mol. The predicted octanol–water partition coefficient (Wildman–Crippen LogP) is 2.46. The Morgan fingerprint density at radius 1 is 1.41 bits per heavy atom. The molecule has 3 N–H and O–H groups in total. The Kier molecular flexibility index (Phi) is 4.83. The Hall–Kier alpha value is -1.21. The van der Waals surface area contributed by atoms with Gasteiger partial charge in [0.1, 0.15) is 5.82 Å². The number of alkyl halides is 3. The topological polar surface area (TPSA) is 50.9 Å². The van der Waals surface area contributed by atoms with Gasteiger partial charge in [0.2, 0.25) is 0 Å². The molecule has 3 nitrogen and oxygen atoms in total. The molecule has 0 amide bonds. The molecule has 1 heterocycles. The molecule has 0 spiro atoms. The van der Waals surface area contributed by atoms with Gasteiger partial charge >= 0.3 is 6.18 Å². The number of nitrogens with two attached hydrogens (primary N) is 1. The highest BCUT2D eigenvalue weighted by atomic mass is 19.4. The van der Waals surface area contributed by atoms with Crippen LogP contribution in [0, 0.1) is 5.82 Å². The van der Waals surface area contributed by atoms with Crippen molar-refractivity contribution in [2.75, 3.05) is 0 Å². The standard InChI is InChI=1S/C10H13F4N3/c11-8-6-16-5-3-7(8)9(17-15)2-1-4-10(12,13)14/h3,5-6,9,17H,1-2,4,15H2. The summed E-state index contributed by atoms with van der Waals surface area (Å²) < 4.78 is 49.2. The zero-order chi connectivity index (χ0) is 12.9. The fraction of sp³-hybridized carbons (Fsp3) is 0.500. The van der Waals surface area contributed by atoms with E-state index in [1.54, 1.807) is 0 Å². The van der Waals surface area contributed by atoms with Crippen LogP contribution in [-0.4, -0.2) is 11.2 Å². The maximum absolute atomic E-state index is 13.3. The first-order valence-electron chi connectivity index (χ1n) is 5.06. The van der Waals surface area contributed by atoms with Crippen LogP contribution in [0.2, 0.25) is 0 Å². The van der Waals surface area contributed by atoms with Crippen LogP contribution < -0.4 is 11.3 Å². The third-order valence-corrected chi connectivity index (χ3v) is 2.33. The lowest BCUT2D eigenvalue weighted by molar-refractivity contribution is -0.135. The maximum Gasteiger partial charge on any atom is 0.389 e. The molecule has 7 heteroatoms. The minimum absolute atomic E-state index is 0.108. The lowest BCUT2D eigenvalue weighted by atomic mass is 10.0. The lowest BCUT2D eigenvalue weighted by Gasteiger charge is -2.17. The van der Waals surface area contributed by atoms with Crippen molar-refractivity contribution < 1.29 is 17.6 Å². The molecule has 1 unspecified atom stereocenters. The van der Waals surface area contributed by atoms with E-state index in [4.69, 9.17) is 5.84 Å². The molecule has 1 aromatic rings. The Labute approximate surface area is 96.0 Å². The van der Waals surface area contributed by atoms with Crippen molar-refractivity contribution in [3.8, 4) is 0 Å². The van der Waals surface area contributed by atoms with E-state index in [2.05, 4.69) is 10.4 Å². The van der Waals surface area contributed by atoms with Gasteiger partial charge in [-0.3, -0.25) is 16.3 Å². The summed E-state index contributed by atoms with van der Waals surface area (Å²) in [6.07, 6.45) is -2.74. The molecule has 0 aliphatic carbocycles. The smallest absolute Gasteiger partial charge is 0.271 e. The Morgan fingerprint density at radius 3 is 2.65 bits per heavy atom. The summed E-state index contributed by atoms with van der Waals surface area (Å²) in [4.78, 5) is 3.56. The Bertz CT molecular complexity index is 354. The predicted molar refractivity (Wildman–Crippen MR) is 54.2 cm³/mol. The molecule has 0 bridgehead atoms. The van der Waals surface area contributed by atoms with Crippen LogP contribution in [-0.2, 0) is 0 Å². The summed E-state index contributed by atoms with van der Waals surface area (Å²) in [6, 6.07) is 0.758. The zero-order valence-electron chi connectivity index (χ0n) is 8.97. The molecule has 0 saturated heterocycles. The van der Waals surface area contributed by atoms with Crippen LogP contribution in [0.15, 0.2) is 18.5 Å². The number of hydrogen-bond acceptors (Lipinski definition) is 3. The number of aromatic nitrogens is 1. The van der Waals surface area contributed by atoms with Gasteiger partial charge in [-0.25, -0.2) is 4.39 Å². The van der Waals surface area contributed by atoms with Gasteiger partial charge in [0, 0.05) is 24.2 Å². The quantitative estimate of drug-likeness (QED) is 0.480. The van der Waals surface area contributed by atoms with Gasteiger partial charge in [0.15, 0.2) is 0 Å². The minimum atomic E-state index is -4.20. The van der Waals surface area contributed by atoms with Crippen molar-refractivity contribution in [3.63, 3.8) is 0 Å². The van der Waals surface area contributed by atoms with E-state index in [0.29, 0.717) is 0 Å². The number of pyridine rings is 1. The molecule has 1 rings (SSSR count). The van der Waals surface area contributed by atoms with Crippen molar-refractivity contribution in [1.29, 1.82) is 0 Å². The first-order valence-corrected chi connectivity index (χ1v) is 5.06. The van der Waals surface area contributed by atoms with Crippen LogP contribution >= 0.6 is 0 Å². The number of hydrazine groups is 1. The highest BCUT2D eigenvalue weighted by molar-refractivity contribution is 5.17. The zero-order valence-corrected chi connectivity index (χ0v) is 8.97. The summed E-state index contributed by atoms with van der Waals surface area (Å²) in [5.41, 5.74) is 2.54. The van der Waals surface area contributed by atoms with Gasteiger partial charge in [-0.1, -0.05) is 0 Å². The molecule has 0 aliphatic rings. The van der Waals surface area contributed by atoms with Gasteiger partial charge in [-0.2, -0.15) is 13.2 Å². The summed E-state index contributed by atoms with van der Waals surface area (Å²) in [5, 5.41) is 0. The van der Waals surface area contributed by atoms with E-state index in [9.17, 15) is 17.6 Å². The monoisotopic (exact) mass is 251 g/mol. The molecule has 17 heavy (non-hydrogen) atoms. The molecule has 0 fully saturated rings. The average molecular weight is 251 g/mol. The van der Waals surface area contributed by atoms with Gasteiger partial charge < -0.3 is 0 Å². The van der Waals surface area contributed by atoms with Crippen molar-refractivity contribution in [2.45, 2.75) is 31.5 Å². The summed E-state index contributed by atoms with van der Waals surface area (Å²) in [5.74, 6) is 4.62. The number of nitrogens with one attached hydrogen (secondary N) is 1. The summed E-state index contributed by atoms with van der Waals surface area (Å²) in [7, 11) is 0. The van der Waals surface area contributed by atoms with E-state index < -0.39 is 24.5 Å². The van der Waals surface area contributed by atoms with Crippen molar-refractivity contribution >= 4 is 0 Å². The van der Waals surface area contributed by atoms with E-state index in [1.807, 2.05) is 0 Å². The van der Waals surface area contributed by atoms with Crippen LogP contribution in [0.3, 0.4) is 0 Å². The molecule has 1 atom stereocenters. The third-order valence-electron chi connectivity index (χ3n) is 2.33. The highest BCUT2D eigenvalue weighted by Crippen LogP contribution is 2.26. The maximum atomic E-state index is 13.3. The SMILES string of the molecule is NNC(CCCC(F)(F)F)c1ccncc1F. The second-order valence-electron chi connectivity index (χ2n) is 3.62. The van der Waals surface area contributed by atoms with Crippen LogP contribution in [0.25, 0.3) is 0 Å². The van der Waals surface area contributed by atoms with E-state index in [1.165, 1.54) is 12.3 Å². The van der Waals surface area contributed by atoms with Crippen molar-refractivity contribution in [3.05, 3.63) is 29.8 Å². The van der Waals surface area contributed by atoms with E-state index in [-0.39, 0.29) is 18.4 Å². The Morgan fingerprint density at radius 2 is 2.12 bits per heavy atom. The first-order chi connectivity index (χ1) is 7.94. The molecule has 0 aliphatic heterocycles. The van der Waals surface area contributed by atoms with Gasteiger partial charge in [0.05, 0.1) is 6.20 Å². The third kappa shape index (κ3) is 4.66. The van der Waals surface area contributed by atoms with Crippen LogP contribution in [0.1, 0.15) is 30.9 Å². The number of halogens is 4. The normalized spacial score (nSPS) is 13.7. The van der Waals surface area contributed by atoms with Crippen LogP contribution in [0.4, 0.5) is 17.6 Å². The van der Waals surface area contributed by atoms with Gasteiger partial charge in [-0.05, 0) is 18.9 Å².